The molecular weight excluding hydrogens is 174 g/mol. The fourth-order valence-corrected chi connectivity index (χ4v) is 2.02. The van der Waals surface area contributed by atoms with Gasteiger partial charge in [-0.3, -0.25) is 0 Å². The molecule has 0 rings (SSSR count). The molecule has 0 heterocycles. The van der Waals surface area contributed by atoms with Gasteiger partial charge in [-0.25, -0.2) is 0 Å². The van der Waals surface area contributed by atoms with E-state index in [0.717, 1.165) is 0 Å². The molecule has 0 amide bonds. The van der Waals surface area contributed by atoms with Crippen molar-refractivity contribution < 1.29 is 12.6 Å². The second kappa shape index (κ2) is 3.11. The van der Waals surface area contributed by atoms with Crippen LogP contribution in [0.2, 0.25) is 0 Å². The standard InChI is InChI=1S/C6H13F3NP/c1-4-10(5-2)11(7,8,9)6-3/h6H,3-5H2,1-2H3. The summed E-state index contributed by atoms with van der Waals surface area (Å²) >= 11 is 0. The van der Waals surface area contributed by atoms with Crippen molar-refractivity contribution in [2.75, 3.05) is 13.1 Å². The Morgan fingerprint density at radius 3 is 1.73 bits per heavy atom. The molecule has 0 saturated heterocycles. The average molecular weight is 187 g/mol. The Labute approximate surface area is 65.2 Å². The third kappa shape index (κ3) is 2.46. The van der Waals surface area contributed by atoms with Crippen molar-refractivity contribution in [3.63, 3.8) is 0 Å². The Morgan fingerprint density at radius 1 is 1.27 bits per heavy atom. The normalized spacial score (nSPS) is 16.0. The van der Waals surface area contributed by atoms with Gasteiger partial charge in [0.2, 0.25) is 0 Å². The third-order valence-corrected chi connectivity index (χ3v) is 3.61. The third-order valence-electron chi connectivity index (χ3n) is 1.50. The predicted molar refractivity (Wildman–Crippen MR) is 43.4 cm³/mol. The molecule has 11 heavy (non-hydrogen) atoms. The second-order valence-electron chi connectivity index (χ2n) is 2.15. The molecule has 0 N–H and O–H groups in total. The number of halogens is 3. The van der Waals surface area contributed by atoms with Crippen LogP contribution in [0.25, 0.3) is 0 Å². The van der Waals surface area contributed by atoms with E-state index in [1.807, 2.05) is 0 Å². The maximum atomic E-state index is 12.8. The van der Waals surface area contributed by atoms with Crippen LogP contribution >= 0.6 is 7.69 Å². The van der Waals surface area contributed by atoms with E-state index in [1.54, 1.807) is 0 Å². The van der Waals surface area contributed by atoms with Crippen LogP contribution in [0.3, 0.4) is 0 Å². The SMILES string of the molecule is C=CP(F)(F)(F)N(CC)CC. The molecular formula is C6H13F3NP. The van der Waals surface area contributed by atoms with Gasteiger partial charge in [0.25, 0.3) is 0 Å². The Kier molecular flexibility index (Phi) is 3.09. The van der Waals surface area contributed by atoms with Crippen LogP contribution in [-0.4, -0.2) is 17.8 Å². The van der Waals surface area contributed by atoms with Crippen LogP contribution in [0, 0.1) is 0 Å². The number of nitrogens with zero attached hydrogens (tertiary/aromatic N) is 1. The van der Waals surface area contributed by atoms with Gasteiger partial charge in [-0.15, -0.1) is 0 Å². The minimum absolute atomic E-state index is 0.00381. The van der Waals surface area contributed by atoms with Crippen molar-refractivity contribution in [1.29, 1.82) is 0 Å². The van der Waals surface area contributed by atoms with Gasteiger partial charge in [-0.05, 0) is 0 Å². The Morgan fingerprint density at radius 2 is 1.64 bits per heavy atom. The quantitative estimate of drug-likeness (QED) is 0.608. The Balaban J connectivity index is 4.61. The van der Waals surface area contributed by atoms with E-state index in [-0.39, 0.29) is 18.9 Å². The van der Waals surface area contributed by atoms with Crippen molar-refractivity contribution in [3.8, 4) is 0 Å². The molecule has 68 valence electrons. The van der Waals surface area contributed by atoms with Crippen molar-refractivity contribution in [3.05, 3.63) is 12.4 Å². The molecule has 0 saturated carbocycles. The molecule has 0 aliphatic rings. The molecule has 0 aromatic carbocycles. The zero-order chi connectivity index (χ0) is 9.15. The van der Waals surface area contributed by atoms with Crippen molar-refractivity contribution in [2.45, 2.75) is 13.8 Å². The number of hydrogen-bond acceptors (Lipinski definition) is 1. The van der Waals surface area contributed by atoms with Crippen LogP contribution in [0.4, 0.5) is 12.6 Å². The molecule has 0 fully saturated rings. The first-order valence-corrected chi connectivity index (χ1v) is 5.35. The molecule has 0 aliphatic carbocycles. The van der Waals surface area contributed by atoms with E-state index in [0.29, 0.717) is 4.67 Å². The predicted octanol–water partition coefficient (Wildman–Crippen LogP) is 3.59. The number of rotatable bonds is 4. The first-order chi connectivity index (χ1) is 4.85. The van der Waals surface area contributed by atoms with Crippen molar-refractivity contribution in [1.82, 2.24) is 4.67 Å². The van der Waals surface area contributed by atoms with Crippen LogP contribution in [0.5, 0.6) is 0 Å². The molecule has 0 bridgehead atoms. The summed E-state index contributed by atoms with van der Waals surface area (Å²) in [6.45, 7) is 5.81. The van der Waals surface area contributed by atoms with Gasteiger partial charge in [-0.2, -0.15) is 0 Å². The number of hydrogen-bond donors (Lipinski definition) is 0. The van der Waals surface area contributed by atoms with Gasteiger partial charge in [0.05, 0.1) is 0 Å². The molecule has 0 aliphatic heterocycles. The summed E-state index contributed by atoms with van der Waals surface area (Å²) in [6, 6.07) is 0. The molecule has 5 heteroatoms. The molecule has 0 atom stereocenters. The van der Waals surface area contributed by atoms with Gasteiger partial charge in [0, 0.05) is 0 Å². The van der Waals surface area contributed by atoms with Crippen molar-refractivity contribution >= 4 is 7.69 Å². The topological polar surface area (TPSA) is 3.24 Å². The summed E-state index contributed by atoms with van der Waals surface area (Å²) in [5.74, 6) is 0.151. The molecule has 0 unspecified atom stereocenters. The summed E-state index contributed by atoms with van der Waals surface area (Å²) < 4.78 is 38.9. The fraction of sp³-hybridized carbons (Fsp3) is 0.667. The van der Waals surface area contributed by atoms with Crippen LogP contribution in [0.1, 0.15) is 13.8 Å². The summed E-state index contributed by atoms with van der Waals surface area (Å²) in [5, 5.41) is 0. The summed E-state index contributed by atoms with van der Waals surface area (Å²) in [6.07, 6.45) is 0. The van der Waals surface area contributed by atoms with Crippen LogP contribution in [0.15, 0.2) is 12.4 Å². The summed E-state index contributed by atoms with van der Waals surface area (Å²) in [5.41, 5.74) is 0. The van der Waals surface area contributed by atoms with Gasteiger partial charge in [-0.1, -0.05) is 0 Å². The first kappa shape index (κ1) is 10.9. The molecule has 1 nitrogen and oxygen atoms in total. The van der Waals surface area contributed by atoms with Crippen LogP contribution in [-0.2, 0) is 0 Å². The second-order valence-corrected chi connectivity index (χ2v) is 4.73. The average Bonchev–Trinajstić information content (AvgIpc) is 1.89. The Bertz CT molecular complexity index is 148. The van der Waals surface area contributed by atoms with E-state index in [2.05, 4.69) is 6.58 Å². The van der Waals surface area contributed by atoms with E-state index in [9.17, 15) is 12.6 Å². The fourth-order valence-electron chi connectivity index (χ4n) is 0.823. The van der Waals surface area contributed by atoms with Crippen LogP contribution < -0.4 is 0 Å². The van der Waals surface area contributed by atoms with Crippen molar-refractivity contribution in [2.24, 2.45) is 0 Å². The van der Waals surface area contributed by atoms with Gasteiger partial charge >= 0.3 is 64.3 Å². The molecule has 0 aromatic rings. The van der Waals surface area contributed by atoms with Gasteiger partial charge in [0.1, 0.15) is 0 Å². The van der Waals surface area contributed by atoms with E-state index in [4.69, 9.17) is 0 Å². The minimum atomic E-state index is -6.17. The first-order valence-electron chi connectivity index (χ1n) is 3.42. The maximum absolute atomic E-state index is 12.8. The summed E-state index contributed by atoms with van der Waals surface area (Å²) in [7, 11) is -6.17. The Hall–Kier alpha value is -0.0800. The molecule has 0 spiro atoms. The summed E-state index contributed by atoms with van der Waals surface area (Å²) in [4.78, 5) is 0. The zero-order valence-electron chi connectivity index (χ0n) is 6.73. The monoisotopic (exact) mass is 187 g/mol. The van der Waals surface area contributed by atoms with E-state index >= 15 is 0 Å². The van der Waals surface area contributed by atoms with Gasteiger partial charge in [0.15, 0.2) is 0 Å². The zero-order valence-corrected chi connectivity index (χ0v) is 7.62. The molecule has 0 aromatic heterocycles. The van der Waals surface area contributed by atoms with Gasteiger partial charge < -0.3 is 0 Å². The van der Waals surface area contributed by atoms with E-state index in [1.165, 1.54) is 13.8 Å². The van der Waals surface area contributed by atoms with E-state index < -0.39 is 7.69 Å². The molecule has 0 radical (unpaired) electrons.